The van der Waals surface area contributed by atoms with Crippen molar-refractivity contribution in [1.29, 1.82) is 0 Å². The Morgan fingerprint density at radius 2 is 1.92 bits per heavy atom. The molecule has 0 atom stereocenters. The van der Waals surface area contributed by atoms with Crippen LogP contribution in [-0.2, 0) is 10.0 Å². The maximum atomic E-state index is 11.5. The zero-order chi connectivity index (χ0) is 10.3. The first kappa shape index (κ1) is 12.9. The van der Waals surface area contributed by atoms with E-state index in [1.165, 1.54) is 4.31 Å². The summed E-state index contributed by atoms with van der Waals surface area (Å²) in [4.78, 5) is 0. The SMILES string of the molecule is CCCCN(CC)S(=O)(=O)CCN. The topological polar surface area (TPSA) is 63.4 Å². The van der Waals surface area contributed by atoms with Gasteiger partial charge in [-0.2, -0.15) is 0 Å². The van der Waals surface area contributed by atoms with Crippen LogP contribution in [0.2, 0.25) is 0 Å². The number of nitrogens with two attached hydrogens (primary N) is 1. The third kappa shape index (κ3) is 4.59. The van der Waals surface area contributed by atoms with Crippen LogP contribution in [0.15, 0.2) is 0 Å². The highest BCUT2D eigenvalue weighted by Gasteiger charge is 2.17. The Morgan fingerprint density at radius 1 is 1.31 bits per heavy atom. The minimum absolute atomic E-state index is 0.0601. The summed E-state index contributed by atoms with van der Waals surface area (Å²) in [5.74, 6) is 0.0601. The third-order valence-electron chi connectivity index (χ3n) is 1.88. The number of sulfonamides is 1. The maximum Gasteiger partial charge on any atom is 0.215 e. The lowest BCUT2D eigenvalue weighted by Crippen LogP contribution is -2.35. The van der Waals surface area contributed by atoms with Crippen LogP contribution in [0.3, 0.4) is 0 Å². The van der Waals surface area contributed by atoms with E-state index in [9.17, 15) is 8.42 Å². The molecule has 0 heterocycles. The van der Waals surface area contributed by atoms with Crippen molar-refractivity contribution >= 4 is 10.0 Å². The Bertz CT molecular complexity index is 214. The van der Waals surface area contributed by atoms with Gasteiger partial charge in [0.2, 0.25) is 10.0 Å². The van der Waals surface area contributed by atoms with Crippen LogP contribution in [0.25, 0.3) is 0 Å². The van der Waals surface area contributed by atoms with E-state index in [1.54, 1.807) is 0 Å². The van der Waals surface area contributed by atoms with Crippen molar-refractivity contribution in [2.24, 2.45) is 5.73 Å². The lowest BCUT2D eigenvalue weighted by molar-refractivity contribution is 0.419. The monoisotopic (exact) mass is 208 g/mol. The van der Waals surface area contributed by atoms with E-state index >= 15 is 0 Å². The van der Waals surface area contributed by atoms with Crippen molar-refractivity contribution in [3.05, 3.63) is 0 Å². The fourth-order valence-corrected chi connectivity index (χ4v) is 2.46. The summed E-state index contributed by atoms with van der Waals surface area (Å²) < 4.78 is 24.5. The van der Waals surface area contributed by atoms with E-state index in [-0.39, 0.29) is 12.3 Å². The van der Waals surface area contributed by atoms with Crippen molar-refractivity contribution in [3.63, 3.8) is 0 Å². The van der Waals surface area contributed by atoms with Gasteiger partial charge in [-0.1, -0.05) is 20.3 Å². The zero-order valence-corrected chi connectivity index (χ0v) is 9.31. The highest BCUT2D eigenvalue weighted by molar-refractivity contribution is 7.89. The molecule has 13 heavy (non-hydrogen) atoms. The fraction of sp³-hybridized carbons (Fsp3) is 1.00. The molecule has 0 radical (unpaired) electrons. The summed E-state index contributed by atoms with van der Waals surface area (Å²) in [7, 11) is -3.09. The van der Waals surface area contributed by atoms with Crippen LogP contribution in [-0.4, -0.2) is 38.1 Å². The van der Waals surface area contributed by atoms with Gasteiger partial charge in [-0.05, 0) is 6.42 Å². The Morgan fingerprint density at radius 3 is 2.31 bits per heavy atom. The molecule has 4 nitrogen and oxygen atoms in total. The van der Waals surface area contributed by atoms with Crippen molar-refractivity contribution < 1.29 is 8.42 Å². The van der Waals surface area contributed by atoms with E-state index in [0.717, 1.165) is 12.8 Å². The van der Waals surface area contributed by atoms with Gasteiger partial charge in [-0.15, -0.1) is 0 Å². The van der Waals surface area contributed by atoms with E-state index in [2.05, 4.69) is 0 Å². The normalized spacial score (nSPS) is 12.3. The summed E-state index contributed by atoms with van der Waals surface area (Å²) in [5.41, 5.74) is 5.23. The molecule has 0 saturated carbocycles. The molecule has 0 spiro atoms. The molecule has 0 aliphatic carbocycles. The lowest BCUT2D eigenvalue weighted by atomic mass is 10.3. The molecule has 0 aliphatic rings. The molecule has 0 aromatic rings. The van der Waals surface area contributed by atoms with Crippen LogP contribution < -0.4 is 5.73 Å². The van der Waals surface area contributed by atoms with Gasteiger partial charge in [-0.3, -0.25) is 0 Å². The molecule has 0 bridgehead atoms. The van der Waals surface area contributed by atoms with E-state index in [0.29, 0.717) is 13.1 Å². The Hall–Kier alpha value is -0.130. The zero-order valence-electron chi connectivity index (χ0n) is 8.49. The molecule has 0 fully saturated rings. The minimum atomic E-state index is -3.09. The molecule has 80 valence electrons. The second-order valence-corrected chi connectivity index (χ2v) is 5.04. The van der Waals surface area contributed by atoms with E-state index in [4.69, 9.17) is 5.73 Å². The number of unbranched alkanes of at least 4 members (excludes halogenated alkanes) is 1. The van der Waals surface area contributed by atoms with Gasteiger partial charge < -0.3 is 5.73 Å². The number of hydrogen-bond donors (Lipinski definition) is 1. The van der Waals surface area contributed by atoms with Crippen LogP contribution >= 0.6 is 0 Å². The molecular weight excluding hydrogens is 188 g/mol. The predicted molar refractivity (Wildman–Crippen MR) is 55.0 cm³/mol. The van der Waals surface area contributed by atoms with E-state index in [1.807, 2.05) is 13.8 Å². The minimum Gasteiger partial charge on any atom is -0.329 e. The van der Waals surface area contributed by atoms with E-state index < -0.39 is 10.0 Å². The highest BCUT2D eigenvalue weighted by Crippen LogP contribution is 2.03. The third-order valence-corrected chi connectivity index (χ3v) is 3.86. The Kier molecular flexibility index (Phi) is 6.28. The maximum absolute atomic E-state index is 11.5. The van der Waals surface area contributed by atoms with Gasteiger partial charge in [0.25, 0.3) is 0 Å². The van der Waals surface area contributed by atoms with Crippen LogP contribution in [0.4, 0.5) is 0 Å². The number of nitrogens with zero attached hydrogens (tertiary/aromatic N) is 1. The Balaban J connectivity index is 4.20. The van der Waals surface area contributed by atoms with Gasteiger partial charge in [0.15, 0.2) is 0 Å². The highest BCUT2D eigenvalue weighted by atomic mass is 32.2. The van der Waals surface area contributed by atoms with Crippen molar-refractivity contribution in [2.75, 3.05) is 25.4 Å². The largest absolute Gasteiger partial charge is 0.329 e. The molecule has 0 rings (SSSR count). The molecule has 0 amide bonds. The van der Waals surface area contributed by atoms with Gasteiger partial charge in [0.05, 0.1) is 5.75 Å². The predicted octanol–water partition coefficient (Wildman–Crippen LogP) is 0.397. The summed E-state index contributed by atoms with van der Waals surface area (Å²) in [5, 5.41) is 0. The second kappa shape index (κ2) is 6.34. The van der Waals surface area contributed by atoms with Gasteiger partial charge in [0, 0.05) is 19.6 Å². The molecular formula is C8H20N2O2S. The Labute approximate surface area is 81.2 Å². The second-order valence-electron chi connectivity index (χ2n) is 2.95. The smallest absolute Gasteiger partial charge is 0.215 e. The first-order valence-corrected chi connectivity index (χ1v) is 6.37. The molecule has 2 N–H and O–H groups in total. The first-order valence-electron chi connectivity index (χ1n) is 4.76. The quantitative estimate of drug-likeness (QED) is 0.658. The van der Waals surface area contributed by atoms with Crippen molar-refractivity contribution in [2.45, 2.75) is 26.7 Å². The average molecular weight is 208 g/mol. The standard InChI is InChI=1S/C8H20N2O2S/c1-3-5-7-10(4-2)13(11,12)8-6-9/h3-9H2,1-2H3. The lowest BCUT2D eigenvalue weighted by Gasteiger charge is -2.19. The van der Waals surface area contributed by atoms with Gasteiger partial charge in [-0.25, -0.2) is 12.7 Å². The molecule has 0 aromatic heterocycles. The number of rotatable bonds is 7. The molecule has 0 aromatic carbocycles. The van der Waals surface area contributed by atoms with Crippen molar-refractivity contribution in [1.82, 2.24) is 4.31 Å². The summed E-state index contributed by atoms with van der Waals surface area (Å²) in [6.45, 7) is 5.26. The van der Waals surface area contributed by atoms with Crippen molar-refractivity contribution in [3.8, 4) is 0 Å². The van der Waals surface area contributed by atoms with Gasteiger partial charge >= 0.3 is 0 Å². The van der Waals surface area contributed by atoms with Crippen LogP contribution in [0.5, 0.6) is 0 Å². The summed E-state index contributed by atoms with van der Waals surface area (Å²) in [6.07, 6.45) is 1.92. The fourth-order valence-electron chi connectivity index (χ4n) is 1.11. The molecule has 0 aliphatic heterocycles. The van der Waals surface area contributed by atoms with Crippen LogP contribution in [0, 0.1) is 0 Å². The number of hydrogen-bond acceptors (Lipinski definition) is 3. The van der Waals surface area contributed by atoms with Gasteiger partial charge in [0.1, 0.15) is 0 Å². The first-order chi connectivity index (χ1) is 6.08. The summed E-state index contributed by atoms with van der Waals surface area (Å²) in [6, 6.07) is 0. The molecule has 0 saturated heterocycles. The average Bonchev–Trinajstić information content (AvgIpc) is 2.05. The molecule has 0 unspecified atom stereocenters. The van der Waals surface area contributed by atoms with Crippen LogP contribution in [0.1, 0.15) is 26.7 Å². The molecule has 5 heteroatoms. The summed E-state index contributed by atoms with van der Waals surface area (Å²) >= 11 is 0.